The van der Waals surface area contributed by atoms with Gasteiger partial charge in [-0.2, -0.15) is 0 Å². The molecule has 0 spiro atoms. The number of aliphatic hydroxyl groups is 1. The molecule has 0 aromatic heterocycles. The predicted molar refractivity (Wildman–Crippen MR) is 44.2 cm³/mol. The maximum atomic E-state index is 10.4. The number of unbranched alkanes of at least 4 members (excludes halogenated alkanes) is 3. The summed E-state index contributed by atoms with van der Waals surface area (Å²) < 4.78 is 0. The van der Waals surface area contributed by atoms with Gasteiger partial charge >= 0.3 is 0 Å². The maximum Gasteiger partial charge on any atom is 0.216 e. The number of nitrogens with one attached hydrogen (secondary N) is 1. The van der Waals surface area contributed by atoms with Crippen molar-refractivity contribution < 1.29 is 9.90 Å². The number of carbonyl (C=O) groups excluding carboxylic acids is 1. The highest BCUT2D eigenvalue weighted by Gasteiger charge is 1.90. The summed E-state index contributed by atoms with van der Waals surface area (Å²) in [6.07, 6.45) is 4.02. The van der Waals surface area contributed by atoms with Crippen molar-refractivity contribution in [2.45, 2.75) is 32.6 Å². The van der Waals surface area contributed by atoms with Crippen LogP contribution in [0.3, 0.4) is 0 Å². The molecule has 0 aromatic rings. The fourth-order valence-corrected chi connectivity index (χ4v) is 0.855. The molecule has 66 valence electrons. The van der Waals surface area contributed by atoms with E-state index in [2.05, 4.69) is 5.32 Å². The molecule has 3 heteroatoms. The lowest BCUT2D eigenvalue weighted by Gasteiger charge is -2.00. The van der Waals surface area contributed by atoms with Gasteiger partial charge in [-0.15, -0.1) is 0 Å². The highest BCUT2D eigenvalue weighted by atomic mass is 16.2. The van der Waals surface area contributed by atoms with Crippen LogP contribution >= 0.6 is 0 Å². The summed E-state index contributed by atoms with van der Waals surface area (Å²) in [4.78, 5) is 10.4. The Morgan fingerprint density at radius 3 is 2.45 bits per heavy atom. The van der Waals surface area contributed by atoms with Crippen molar-refractivity contribution in [2.75, 3.05) is 13.2 Å². The van der Waals surface area contributed by atoms with Crippen LogP contribution in [0.5, 0.6) is 0 Å². The molecular formula is C8H17NO2. The van der Waals surface area contributed by atoms with E-state index in [1.54, 1.807) is 0 Å². The first-order valence-corrected chi connectivity index (χ1v) is 4.12. The van der Waals surface area contributed by atoms with E-state index < -0.39 is 0 Å². The van der Waals surface area contributed by atoms with Crippen LogP contribution in [0.4, 0.5) is 0 Å². The van der Waals surface area contributed by atoms with Gasteiger partial charge in [-0.1, -0.05) is 12.8 Å². The van der Waals surface area contributed by atoms with Gasteiger partial charge in [-0.05, 0) is 12.8 Å². The average molecular weight is 159 g/mol. The van der Waals surface area contributed by atoms with Crippen LogP contribution in [0.1, 0.15) is 32.6 Å². The molecule has 1 amide bonds. The Morgan fingerprint density at radius 1 is 1.27 bits per heavy atom. The second-order valence-corrected chi connectivity index (χ2v) is 2.62. The number of hydrogen-bond donors (Lipinski definition) is 2. The van der Waals surface area contributed by atoms with Gasteiger partial charge in [0, 0.05) is 20.1 Å². The van der Waals surface area contributed by atoms with Crippen LogP contribution in [-0.4, -0.2) is 24.2 Å². The minimum atomic E-state index is 0.0344. The Bertz CT molecular complexity index is 104. The summed E-state index contributed by atoms with van der Waals surface area (Å²) in [7, 11) is 0. The van der Waals surface area contributed by atoms with E-state index >= 15 is 0 Å². The van der Waals surface area contributed by atoms with Gasteiger partial charge < -0.3 is 10.4 Å². The van der Waals surface area contributed by atoms with Crippen molar-refractivity contribution in [3.63, 3.8) is 0 Å². The number of carbonyl (C=O) groups is 1. The van der Waals surface area contributed by atoms with Gasteiger partial charge in [0.1, 0.15) is 0 Å². The van der Waals surface area contributed by atoms with E-state index in [1.807, 2.05) is 0 Å². The molecule has 0 saturated carbocycles. The summed E-state index contributed by atoms with van der Waals surface area (Å²) >= 11 is 0. The van der Waals surface area contributed by atoms with Crippen LogP contribution in [0.2, 0.25) is 0 Å². The Hall–Kier alpha value is -0.570. The molecule has 0 rings (SSSR count). The number of rotatable bonds is 6. The second kappa shape index (κ2) is 7.54. The minimum Gasteiger partial charge on any atom is -0.396 e. The zero-order chi connectivity index (χ0) is 8.53. The lowest BCUT2D eigenvalue weighted by Crippen LogP contribution is -2.20. The number of amides is 1. The third-order valence-corrected chi connectivity index (χ3v) is 1.46. The molecule has 0 unspecified atom stereocenters. The van der Waals surface area contributed by atoms with E-state index in [-0.39, 0.29) is 12.5 Å². The standard InChI is InChI=1S/C8H17NO2/c1-8(11)9-6-4-2-3-5-7-10/h10H,2-7H2,1H3,(H,9,11). The van der Waals surface area contributed by atoms with E-state index in [9.17, 15) is 4.79 Å². The lowest BCUT2D eigenvalue weighted by atomic mass is 10.2. The van der Waals surface area contributed by atoms with Gasteiger partial charge in [0.25, 0.3) is 0 Å². The molecule has 0 bridgehead atoms. The highest BCUT2D eigenvalue weighted by molar-refractivity contribution is 5.72. The first kappa shape index (κ1) is 10.4. The van der Waals surface area contributed by atoms with Crippen LogP contribution < -0.4 is 5.32 Å². The smallest absolute Gasteiger partial charge is 0.216 e. The molecule has 2 N–H and O–H groups in total. The first-order chi connectivity index (χ1) is 5.27. The van der Waals surface area contributed by atoms with E-state index in [4.69, 9.17) is 5.11 Å². The maximum absolute atomic E-state index is 10.4. The summed E-state index contributed by atoms with van der Waals surface area (Å²) in [6.45, 7) is 2.56. The first-order valence-electron chi connectivity index (χ1n) is 4.12. The monoisotopic (exact) mass is 159 g/mol. The quantitative estimate of drug-likeness (QED) is 0.560. The van der Waals surface area contributed by atoms with Crippen molar-refractivity contribution in [3.8, 4) is 0 Å². The highest BCUT2D eigenvalue weighted by Crippen LogP contribution is 1.97. The zero-order valence-electron chi connectivity index (χ0n) is 7.10. The molecule has 0 aliphatic heterocycles. The second-order valence-electron chi connectivity index (χ2n) is 2.62. The molecule has 0 aliphatic carbocycles. The van der Waals surface area contributed by atoms with Crippen LogP contribution in [0.15, 0.2) is 0 Å². The fraction of sp³-hybridized carbons (Fsp3) is 0.875. The molecule has 3 nitrogen and oxygen atoms in total. The number of aliphatic hydroxyl groups excluding tert-OH is 1. The zero-order valence-corrected chi connectivity index (χ0v) is 7.10. The molecule has 0 atom stereocenters. The third kappa shape index (κ3) is 9.43. The van der Waals surface area contributed by atoms with Gasteiger partial charge in [-0.3, -0.25) is 4.79 Å². The van der Waals surface area contributed by atoms with Crippen LogP contribution in [0.25, 0.3) is 0 Å². The molecule has 0 heterocycles. The Kier molecular flexibility index (Phi) is 7.15. The van der Waals surface area contributed by atoms with Crippen LogP contribution in [-0.2, 0) is 4.79 Å². The normalized spacial score (nSPS) is 9.64. The van der Waals surface area contributed by atoms with E-state index in [1.165, 1.54) is 6.92 Å². The lowest BCUT2D eigenvalue weighted by molar-refractivity contribution is -0.118. The molecule has 0 aromatic carbocycles. The summed E-state index contributed by atoms with van der Waals surface area (Å²) in [6, 6.07) is 0. The van der Waals surface area contributed by atoms with E-state index in [0.29, 0.717) is 0 Å². The van der Waals surface area contributed by atoms with Crippen LogP contribution in [0, 0.1) is 0 Å². The van der Waals surface area contributed by atoms with Gasteiger partial charge in [0.2, 0.25) is 5.91 Å². The Morgan fingerprint density at radius 2 is 1.91 bits per heavy atom. The largest absolute Gasteiger partial charge is 0.396 e. The molecule has 0 fully saturated rings. The molecule has 0 saturated heterocycles. The van der Waals surface area contributed by atoms with Crippen molar-refractivity contribution in [1.29, 1.82) is 0 Å². The number of hydrogen-bond acceptors (Lipinski definition) is 2. The fourth-order valence-electron chi connectivity index (χ4n) is 0.855. The van der Waals surface area contributed by atoms with Crippen molar-refractivity contribution in [2.24, 2.45) is 0 Å². The summed E-state index contributed by atoms with van der Waals surface area (Å²) in [5, 5.41) is 11.2. The van der Waals surface area contributed by atoms with Crippen molar-refractivity contribution in [1.82, 2.24) is 5.32 Å². The van der Waals surface area contributed by atoms with E-state index in [0.717, 1.165) is 32.2 Å². The molecular weight excluding hydrogens is 142 g/mol. The van der Waals surface area contributed by atoms with Crippen molar-refractivity contribution >= 4 is 5.91 Å². The predicted octanol–water partition coefficient (Wildman–Crippen LogP) is 0.675. The summed E-state index contributed by atoms with van der Waals surface area (Å²) in [5.41, 5.74) is 0. The third-order valence-electron chi connectivity index (χ3n) is 1.46. The van der Waals surface area contributed by atoms with Crippen molar-refractivity contribution in [3.05, 3.63) is 0 Å². The molecule has 0 radical (unpaired) electrons. The molecule has 11 heavy (non-hydrogen) atoms. The van der Waals surface area contributed by atoms with Gasteiger partial charge in [0.15, 0.2) is 0 Å². The molecule has 0 aliphatic rings. The van der Waals surface area contributed by atoms with Gasteiger partial charge in [-0.25, -0.2) is 0 Å². The Labute approximate surface area is 67.8 Å². The SMILES string of the molecule is CC(=O)NCCCCCCO. The average Bonchev–Trinajstić information content (AvgIpc) is 1.96. The topological polar surface area (TPSA) is 49.3 Å². The Balaban J connectivity index is 2.85. The van der Waals surface area contributed by atoms with Gasteiger partial charge in [0.05, 0.1) is 0 Å². The summed E-state index contributed by atoms with van der Waals surface area (Å²) in [5.74, 6) is 0.0344. The minimum absolute atomic E-state index is 0.0344.